The molecule has 3 heteroatoms. The van der Waals surface area contributed by atoms with E-state index in [9.17, 15) is 0 Å². The maximum absolute atomic E-state index is 4.76. The second-order valence-electron chi connectivity index (χ2n) is 4.85. The molecule has 1 aliphatic heterocycles. The van der Waals surface area contributed by atoms with Gasteiger partial charge in [-0.3, -0.25) is 4.99 Å². The third kappa shape index (κ3) is 3.03. The second kappa shape index (κ2) is 5.13. The Hall–Kier alpha value is -0.960. The lowest BCUT2D eigenvalue weighted by molar-refractivity contribution is 0.465. The summed E-state index contributed by atoms with van der Waals surface area (Å²) in [5.74, 6) is 1.11. The lowest BCUT2D eigenvalue weighted by atomic mass is 10.0. The van der Waals surface area contributed by atoms with E-state index < -0.39 is 0 Å². The maximum Gasteiger partial charge on any atom is 0.157 e. The number of nitrogens with one attached hydrogen (secondary N) is 1. The summed E-state index contributed by atoms with van der Waals surface area (Å²) in [5, 5.41) is 4.62. The molecule has 2 atom stereocenters. The molecule has 2 unspecified atom stereocenters. The van der Waals surface area contributed by atoms with Crippen molar-refractivity contribution in [3.8, 4) is 0 Å². The molecule has 0 radical (unpaired) electrons. The van der Waals surface area contributed by atoms with Gasteiger partial charge in [0.2, 0.25) is 0 Å². The number of hydrogen-bond donors (Lipinski definition) is 1. The van der Waals surface area contributed by atoms with Crippen LogP contribution in [-0.2, 0) is 0 Å². The van der Waals surface area contributed by atoms with Gasteiger partial charge in [-0.2, -0.15) is 0 Å². The van der Waals surface area contributed by atoms with Crippen molar-refractivity contribution in [1.29, 1.82) is 0 Å². The van der Waals surface area contributed by atoms with E-state index >= 15 is 0 Å². The molecule has 92 valence electrons. The third-order valence-corrected chi connectivity index (χ3v) is 4.57. The molecular weight excluding hydrogens is 228 g/mol. The molecule has 17 heavy (non-hydrogen) atoms. The van der Waals surface area contributed by atoms with Crippen LogP contribution in [0.15, 0.2) is 35.3 Å². The summed E-state index contributed by atoms with van der Waals surface area (Å²) in [4.78, 5) is 4.76. The first kappa shape index (κ1) is 12.5. The minimum absolute atomic E-state index is 0.222. The van der Waals surface area contributed by atoms with Gasteiger partial charge in [-0.05, 0) is 25.8 Å². The average molecular weight is 248 g/mol. The summed E-state index contributed by atoms with van der Waals surface area (Å²) in [6, 6.07) is 10.7. The molecule has 1 aliphatic rings. The van der Waals surface area contributed by atoms with Crippen molar-refractivity contribution in [2.45, 2.75) is 38.8 Å². The first-order valence-electron chi connectivity index (χ1n) is 6.17. The van der Waals surface area contributed by atoms with E-state index in [2.05, 4.69) is 50.4 Å². The lowest BCUT2D eigenvalue weighted by Crippen LogP contribution is -2.39. The SMILES string of the molecule is CCC1(C)CSC(=NC(C)c2ccccc2)N1. The number of aliphatic imine (C=N–C) groups is 1. The summed E-state index contributed by atoms with van der Waals surface area (Å²) in [6.45, 7) is 6.62. The van der Waals surface area contributed by atoms with E-state index in [1.807, 2.05) is 17.8 Å². The van der Waals surface area contributed by atoms with E-state index in [0.29, 0.717) is 0 Å². The molecule has 2 rings (SSSR count). The van der Waals surface area contributed by atoms with Gasteiger partial charge < -0.3 is 5.32 Å². The zero-order chi connectivity index (χ0) is 12.3. The molecule has 0 aromatic heterocycles. The van der Waals surface area contributed by atoms with Crippen molar-refractivity contribution >= 4 is 16.9 Å². The largest absolute Gasteiger partial charge is 0.359 e. The van der Waals surface area contributed by atoms with E-state index in [-0.39, 0.29) is 11.6 Å². The Bertz CT molecular complexity index is 402. The molecular formula is C14H20N2S. The highest BCUT2D eigenvalue weighted by Crippen LogP contribution is 2.27. The Morgan fingerprint density at radius 3 is 2.71 bits per heavy atom. The van der Waals surface area contributed by atoms with E-state index in [1.54, 1.807) is 0 Å². The molecule has 1 fully saturated rings. The topological polar surface area (TPSA) is 24.4 Å². The summed E-state index contributed by atoms with van der Waals surface area (Å²) in [6.07, 6.45) is 1.14. The quantitative estimate of drug-likeness (QED) is 0.883. The zero-order valence-corrected chi connectivity index (χ0v) is 11.6. The van der Waals surface area contributed by atoms with Crippen molar-refractivity contribution in [2.75, 3.05) is 5.75 Å². The number of benzene rings is 1. The smallest absolute Gasteiger partial charge is 0.157 e. The molecule has 0 spiro atoms. The summed E-state index contributed by atoms with van der Waals surface area (Å²) < 4.78 is 0. The van der Waals surface area contributed by atoms with Gasteiger partial charge in [0.15, 0.2) is 5.17 Å². The molecule has 1 aromatic rings. The standard InChI is InChI=1S/C14H20N2S/c1-4-14(3)10-17-13(16-14)15-11(2)12-8-6-5-7-9-12/h5-9,11H,4,10H2,1-3H3,(H,15,16). The van der Waals surface area contributed by atoms with Gasteiger partial charge in [0.1, 0.15) is 0 Å². The van der Waals surface area contributed by atoms with Gasteiger partial charge in [-0.25, -0.2) is 0 Å². The van der Waals surface area contributed by atoms with Gasteiger partial charge in [0, 0.05) is 11.3 Å². The summed E-state index contributed by atoms with van der Waals surface area (Å²) in [7, 11) is 0. The van der Waals surface area contributed by atoms with Crippen LogP contribution >= 0.6 is 11.8 Å². The highest BCUT2D eigenvalue weighted by atomic mass is 32.2. The van der Waals surface area contributed by atoms with Crippen molar-refractivity contribution < 1.29 is 0 Å². The second-order valence-corrected chi connectivity index (χ2v) is 5.81. The number of nitrogens with zero attached hydrogens (tertiary/aromatic N) is 1. The fraction of sp³-hybridized carbons (Fsp3) is 0.500. The maximum atomic E-state index is 4.76. The van der Waals surface area contributed by atoms with Gasteiger partial charge in [-0.1, -0.05) is 49.0 Å². The van der Waals surface area contributed by atoms with Crippen LogP contribution in [0.2, 0.25) is 0 Å². The van der Waals surface area contributed by atoms with Crippen LogP contribution in [0.3, 0.4) is 0 Å². The van der Waals surface area contributed by atoms with E-state index in [4.69, 9.17) is 4.99 Å². The van der Waals surface area contributed by atoms with Crippen LogP contribution in [0.5, 0.6) is 0 Å². The minimum Gasteiger partial charge on any atom is -0.359 e. The van der Waals surface area contributed by atoms with Crippen molar-refractivity contribution in [2.24, 2.45) is 4.99 Å². The molecule has 1 aromatic carbocycles. The normalized spacial score (nSPS) is 28.1. The van der Waals surface area contributed by atoms with Crippen LogP contribution in [0.25, 0.3) is 0 Å². The van der Waals surface area contributed by atoms with Crippen LogP contribution in [-0.4, -0.2) is 16.5 Å². The lowest BCUT2D eigenvalue weighted by Gasteiger charge is -2.21. The Morgan fingerprint density at radius 1 is 1.41 bits per heavy atom. The Labute approximate surface area is 108 Å². The van der Waals surface area contributed by atoms with E-state index in [1.165, 1.54) is 5.56 Å². The number of thioether (sulfide) groups is 1. The predicted octanol–water partition coefficient (Wildman–Crippen LogP) is 3.61. The Balaban J connectivity index is 2.06. The Kier molecular flexibility index (Phi) is 3.77. The van der Waals surface area contributed by atoms with Gasteiger partial charge in [0.25, 0.3) is 0 Å². The number of rotatable bonds is 3. The van der Waals surface area contributed by atoms with E-state index in [0.717, 1.165) is 17.3 Å². The number of amidine groups is 1. The van der Waals surface area contributed by atoms with Crippen molar-refractivity contribution in [3.05, 3.63) is 35.9 Å². The van der Waals surface area contributed by atoms with Crippen LogP contribution in [0.1, 0.15) is 38.8 Å². The fourth-order valence-electron chi connectivity index (χ4n) is 1.80. The van der Waals surface area contributed by atoms with Crippen LogP contribution in [0.4, 0.5) is 0 Å². The molecule has 1 heterocycles. The molecule has 1 saturated heterocycles. The average Bonchev–Trinajstić information content (AvgIpc) is 2.73. The zero-order valence-electron chi connectivity index (χ0n) is 10.7. The molecule has 2 nitrogen and oxygen atoms in total. The number of hydrogen-bond acceptors (Lipinski definition) is 2. The first-order valence-corrected chi connectivity index (χ1v) is 7.15. The summed E-state index contributed by atoms with van der Waals surface area (Å²) >= 11 is 1.84. The van der Waals surface area contributed by atoms with Crippen molar-refractivity contribution in [1.82, 2.24) is 5.32 Å². The molecule has 0 amide bonds. The highest BCUT2D eigenvalue weighted by molar-refractivity contribution is 8.14. The van der Waals surface area contributed by atoms with Gasteiger partial charge in [-0.15, -0.1) is 0 Å². The highest BCUT2D eigenvalue weighted by Gasteiger charge is 2.30. The first-order chi connectivity index (χ1) is 8.13. The minimum atomic E-state index is 0.222. The monoisotopic (exact) mass is 248 g/mol. The van der Waals surface area contributed by atoms with Gasteiger partial charge in [0.05, 0.1) is 6.04 Å². The Morgan fingerprint density at radius 2 is 2.12 bits per heavy atom. The fourth-order valence-corrected chi connectivity index (χ4v) is 3.08. The van der Waals surface area contributed by atoms with Gasteiger partial charge >= 0.3 is 0 Å². The van der Waals surface area contributed by atoms with Crippen LogP contribution < -0.4 is 5.32 Å². The molecule has 0 saturated carbocycles. The predicted molar refractivity (Wildman–Crippen MR) is 76.6 cm³/mol. The van der Waals surface area contributed by atoms with Crippen molar-refractivity contribution in [3.63, 3.8) is 0 Å². The summed E-state index contributed by atoms with van der Waals surface area (Å²) in [5.41, 5.74) is 1.49. The molecule has 0 bridgehead atoms. The molecule has 0 aliphatic carbocycles. The molecule has 1 N–H and O–H groups in total. The third-order valence-electron chi connectivity index (χ3n) is 3.31. The van der Waals surface area contributed by atoms with Crippen LogP contribution in [0, 0.1) is 0 Å².